The highest BCUT2D eigenvalue weighted by Gasteiger charge is 2.19. The maximum atomic E-state index is 13.4. The fourth-order valence-electron chi connectivity index (χ4n) is 1.18. The molecule has 0 bridgehead atoms. The molecule has 1 N–H and O–H groups in total. The molecule has 96 valence electrons. The number of nitrogens with zero attached hydrogens (tertiary/aromatic N) is 1. The smallest absolute Gasteiger partial charge is 0.253 e. The SMILES string of the molecule is CCCNc1nc(OC(C)(C)C)c(F)cc1F. The van der Waals surface area contributed by atoms with Gasteiger partial charge in [0.1, 0.15) is 5.60 Å². The molecule has 0 unspecified atom stereocenters. The summed E-state index contributed by atoms with van der Waals surface area (Å²) in [5, 5.41) is 2.78. The van der Waals surface area contributed by atoms with E-state index in [0.717, 1.165) is 12.5 Å². The third-order valence-corrected chi connectivity index (χ3v) is 1.84. The van der Waals surface area contributed by atoms with E-state index >= 15 is 0 Å². The number of rotatable bonds is 4. The van der Waals surface area contributed by atoms with Gasteiger partial charge in [0, 0.05) is 12.6 Å². The van der Waals surface area contributed by atoms with E-state index < -0.39 is 17.2 Å². The minimum Gasteiger partial charge on any atom is -0.470 e. The summed E-state index contributed by atoms with van der Waals surface area (Å²) in [6.07, 6.45) is 0.827. The van der Waals surface area contributed by atoms with Gasteiger partial charge in [0.2, 0.25) is 0 Å². The predicted octanol–water partition coefficient (Wildman–Crippen LogP) is 3.36. The van der Waals surface area contributed by atoms with Crippen LogP contribution in [0.4, 0.5) is 14.6 Å². The number of aromatic nitrogens is 1. The number of ether oxygens (including phenoxy) is 1. The quantitative estimate of drug-likeness (QED) is 0.881. The molecule has 1 aromatic rings. The zero-order valence-corrected chi connectivity index (χ0v) is 10.6. The highest BCUT2D eigenvalue weighted by atomic mass is 19.1. The molecule has 0 aliphatic heterocycles. The van der Waals surface area contributed by atoms with Gasteiger partial charge < -0.3 is 10.1 Å². The van der Waals surface area contributed by atoms with Crippen molar-refractivity contribution < 1.29 is 13.5 Å². The van der Waals surface area contributed by atoms with E-state index in [1.54, 1.807) is 20.8 Å². The van der Waals surface area contributed by atoms with Crippen LogP contribution in [-0.2, 0) is 0 Å². The van der Waals surface area contributed by atoms with Crippen LogP contribution in [0, 0.1) is 11.6 Å². The fourth-order valence-corrected chi connectivity index (χ4v) is 1.18. The van der Waals surface area contributed by atoms with E-state index in [1.165, 1.54) is 0 Å². The summed E-state index contributed by atoms with van der Waals surface area (Å²) in [4.78, 5) is 3.81. The number of halogens is 2. The third kappa shape index (κ3) is 4.17. The molecule has 0 aliphatic carbocycles. The van der Waals surface area contributed by atoms with Crippen molar-refractivity contribution in [3.05, 3.63) is 17.7 Å². The molecule has 0 fully saturated rings. The van der Waals surface area contributed by atoms with E-state index in [1.807, 2.05) is 6.92 Å². The summed E-state index contributed by atoms with van der Waals surface area (Å²) in [6, 6.07) is 0.784. The van der Waals surface area contributed by atoms with Gasteiger partial charge in [-0.2, -0.15) is 4.98 Å². The first-order valence-corrected chi connectivity index (χ1v) is 5.62. The molecular formula is C12H18F2N2O. The number of pyridine rings is 1. The Balaban J connectivity index is 2.97. The van der Waals surface area contributed by atoms with Crippen molar-refractivity contribution in [2.24, 2.45) is 0 Å². The van der Waals surface area contributed by atoms with Gasteiger partial charge in [-0.05, 0) is 27.2 Å². The summed E-state index contributed by atoms with van der Waals surface area (Å²) in [7, 11) is 0. The van der Waals surface area contributed by atoms with Crippen molar-refractivity contribution in [3.8, 4) is 5.88 Å². The highest BCUT2D eigenvalue weighted by molar-refractivity contribution is 5.39. The molecule has 1 aromatic heterocycles. The zero-order chi connectivity index (χ0) is 13.1. The first kappa shape index (κ1) is 13.7. The van der Waals surface area contributed by atoms with E-state index in [0.29, 0.717) is 6.54 Å². The Labute approximate surface area is 100 Å². The Morgan fingerprint density at radius 3 is 2.47 bits per heavy atom. The van der Waals surface area contributed by atoms with Crippen LogP contribution < -0.4 is 10.1 Å². The lowest BCUT2D eigenvalue weighted by Gasteiger charge is -2.21. The lowest BCUT2D eigenvalue weighted by Crippen LogP contribution is -2.24. The summed E-state index contributed by atoms with van der Waals surface area (Å²) in [5.74, 6) is -1.67. The van der Waals surface area contributed by atoms with Gasteiger partial charge in [0.05, 0.1) is 0 Å². The number of nitrogens with one attached hydrogen (secondary N) is 1. The van der Waals surface area contributed by atoms with Crippen LogP contribution in [0.25, 0.3) is 0 Å². The summed E-state index contributed by atoms with van der Waals surface area (Å²) < 4.78 is 32.1. The molecule has 0 aliphatic rings. The summed E-state index contributed by atoms with van der Waals surface area (Å²) in [6.45, 7) is 7.84. The van der Waals surface area contributed by atoms with Crippen LogP contribution in [0.5, 0.6) is 5.88 Å². The minimum absolute atomic E-state index is 0.0208. The first-order valence-electron chi connectivity index (χ1n) is 5.62. The second-order valence-electron chi connectivity index (χ2n) is 4.75. The van der Waals surface area contributed by atoms with E-state index in [-0.39, 0.29) is 11.7 Å². The number of anilines is 1. The number of hydrogen-bond acceptors (Lipinski definition) is 3. The van der Waals surface area contributed by atoms with E-state index in [2.05, 4.69) is 10.3 Å². The average Bonchev–Trinajstić information content (AvgIpc) is 2.18. The molecule has 3 nitrogen and oxygen atoms in total. The van der Waals surface area contributed by atoms with Crippen LogP contribution in [0.3, 0.4) is 0 Å². The molecular weight excluding hydrogens is 226 g/mol. The maximum absolute atomic E-state index is 13.4. The predicted molar refractivity (Wildman–Crippen MR) is 63.3 cm³/mol. The maximum Gasteiger partial charge on any atom is 0.253 e. The molecule has 0 aromatic carbocycles. The normalized spacial score (nSPS) is 11.4. The Kier molecular flexibility index (Phi) is 4.26. The van der Waals surface area contributed by atoms with Crippen molar-refractivity contribution in [3.63, 3.8) is 0 Å². The molecule has 0 radical (unpaired) electrons. The second-order valence-corrected chi connectivity index (χ2v) is 4.75. The third-order valence-electron chi connectivity index (χ3n) is 1.84. The Morgan fingerprint density at radius 1 is 1.29 bits per heavy atom. The molecule has 1 rings (SSSR count). The molecule has 0 spiro atoms. The van der Waals surface area contributed by atoms with Crippen LogP contribution in [0.2, 0.25) is 0 Å². The van der Waals surface area contributed by atoms with Gasteiger partial charge in [0.25, 0.3) is 5.88 Å². The lowest BCUT2D eigenvalue weighted by molar-refractivity contribution is 0.117. The largest absolute Gasteiger partial charge is 0.470 e. The average molecular weight is 244 g/mol. The summed E-state index contributed by atoms with van der Waals surface area (Å²) in [5.41, 5.74) is -0.576. The van der Waals surface area contributed by atoms with Crippen molar-refractivity contribution in [1.29, 1.82) is 0 Å². The molecule has 0 saturated heterocycles. The van der Waals surface area contributed by atoms with Gasteiger partial charge in [0.15, 0.2) is 17.5 Å². The van der Waals surface area contributed by atoms with Crippen molar-refractivity contribution >= 4 is 5.82 Å². The van der Waals surface area contributed by atoms with Gasteiger partial charge in [-0.15, -0.1) is 0 Å². The highest BCUT2D eigenvalue weighted by Crippen LogP contribution is 2.24. The van der Waals surface area contributed by atoms with Crippen LogP contribution in [0.15, 0.2) is 6.07 Å². The topological polar surface area (TPSA) is 34.2 Å². The molecule has 0 amide bonds. The van der Waals surface area contributed by atoms with Gasteiger partial charge in [-0.3, -0.25) is 0 Å². The summed E-state index contributed by atoms with van der Waals surface area (Å²) >= 11 is 0. The Morgan fingerprint density at radius 2 is 1.94 bits per heavy atom. The van der Waals surface area contributed by atoms with Gasteiger partial charge in [-0.25, -0.2) is 8.78 Å². The first-order chi connectivity index (χ1) is 7.83. The van der Waals surface area contributed by atoms with Crippen LogP contribution in [-0.4, -0.2) is 17.1 Å². The molecule has 0 saturated carbocycles. The molecule has 1 heterocycles. The number of hydrogen-bond donors (Lipinski definition) is 1. The lowest BCUT2D eigenvalue weighted by atomic mass is 10.2. The van der Waals surface area contributed by atoms with E-state index in [4.69, 9.17) is 4.74 Å². The Bertz CT molecular complexity index is 389. The monoisotopic (exact) mass is 244 g/mol. The van der Waals surface area contributed by atoms with Crippen LogP contribution >= 0.6 is 0 Å². The standard InChI is InChI=1S/C12H18F2N2O/c1-5-6-15-10-8(13)7-9(14)11(16-10)17-12(2,3)4/h7H,5-6H2,1-4H3,(H,15,16). The second kappa shape index (κ2) is 5.29. The Hall–Kier alpha value is -1.39. The molecule has 17 heavy (non-hydrogen) atoms. The van der Waals surface area contributed by atoms with Crippen molar-refractivity contribution in [2.75, 3.05) is 11.9 Å². The molecule has 0 atom stereocenters. The van der Waals surface area contributed by atoms with Crippen molar-refractivity contribution in [2.45, 2.75) is 39.7 Å². The van der Waals surface area contributed by atoms with Gasteiger partial charge >= 0.3 is 0 Å². The molecule has 5 heteroatoms. The van der Waals surface area contributed by atoms with Gasteiger partial charge in [-0.1, -0.05) is 6.92 Å². The zero-order valence-electron chi connectivity index (χ0n) is 10.6. The van der Waals surface area contributed by atoms with E-state index in [9.17, 15) is 8.78 Å². The minimum atomic E-state index is -0.792. The van der Waals surface area contributed by atoms with Crippen molar-refractivity contribution in [1.82, 2.24) is 4.98 Å². The fraction of sp³-hybridized carbons (Fsp3) is 0.583. The van der Waals surface area contributed by atoms with Crippen LogP contribution in [0.1, 0.15) is 34.1 Å².